The van der Waals surface area contributed by atoms with Gasteiger partial charge in [0.15, 0.2) is 0 Å². The van der Waals surface area contributed by atoms with E-state index in [1.54, 1.807) is 0 Å². The maximum atomic E-state index is 15.9. The van der Waals surface area contributed by atoms with Gasteiger partial charge in [0, 0.05) is 0 Å². The summed E-state index contributed by atoms with van der Waals surface area (Å²) < 4.78 is 95.2. The summed E-state index contributed by atoms with van der Waals surface area (Å²) in [6.45, 7) is 18.3. The van der Waals surface area contributed by atoms with Gasteiger partial charge in [0.05, 0.1) is 0 Å². The maximum absolute atomic E-state index is 15.9. The van der Waals surface area contributed by atoms with E-state index in [4.69, 9.17) is 0 Å². The zero-order valence-corrected chi connectivity index (χ0v) is 25.0. The third kappa shape index (κ3) is 5.76. The summed E-state index contributed by atoms with van der Waals surface area (Å²) in [6.07, 6.45) is -11.7. The van der Waals surface area contributed by atoms with Gasteiger partial charge in [-0.3, -0.25) is 0 Å². The molecule has 2 aromatic rings. The van der Waals surface area contributed by atoms with E-state index in [9.17, 15) is 10.2 Å². The van der Waals surface area contributed by atoms with Gasteiger partial charge in [-0.05, 0) is 79.3 Å². The van der Waals surface area contributed by atoms with Crippen LogP contribution >= 0.6 is 0 Å². The molecule has 0 atom stereocenters. The van der Waals surface area contributed by atoms with E-state index in [1.165, 1.54) is 83.1 Å². The first-order valence-electron chi connectivity index (χ1n) is 12.9. The van der Waals surface area contributed by atoms with Gasteiger partial charge in [0.25, 0.3) is 0 Å². The van der Waals surface area contributed by atoms with E-state index in [2.05, 4.69) is 0 Å². The molecule has 0 aliphatic carbocycles. The SMILES string of the molecule is CC(C)(C)c1cc(O)cc(C(C)(C)C)c1C(c1c(C(C)(C)C)cc(O)cc1C(C)(C)C)(C(F)(F)F)C(F)(F)F. The molecule has 0 radical (unpaired) electrons. The molecule has 0 amide bonds. The van der Waals surface area contributed by atoms with E-state index < -0.39 is 62.1 Å². The van der Waals surface area contributed by atoms with Crippen molar-refractivity contribution in [2.24, 2.45) is 0 Å². The van der Waals surface area contributed by atoms with E-state index in [1.807, 2.05) is 0 Å². The molecule has 0 unspecified atom stereocenters. The summed E-state index contributed by atoms with van der Waals surface area (Å²) in [6, 6.07) is 4.07. The summed E-state index contributed by atoms with van der Waals surface area (Å²) in [5, 5.41) is 21.2. The van der Waals surface area contributed by atoms with Gasteiger partial charge in [-0.15, -0.1) is 0 Å². The fourth-order valence-corrected chi connectivity index (χ4v) is 5.28. The molecule has 220 valence electrons. The molecular formula is C31H42F6O2. The van der Waals surface area contributed by atoms with E-state index in [0.717, 1.165) is 24.3 Å². The van der Waals surface area contributed by atoms with E-state index in [-0.39, 0.29) is 22.3 Å². The third-order valence-corrected chi connectivity index (χ3v) is 7.08. The molecule has 0 heterocycles. The fourth-order valence-electron chi connectivity index (χ4n) is 5.28. The molecule has 0 saturated heterocycles. The van der Waals surface area contributed by atoms with E-state index >= 15 is 26.3 Å². The average molecular weight is 561 g/mol. The highest BCUT2D eigenvalue weighted by molar-refractivity contribution is 5.63. The molecule has 2 N–H and O–H groups in total. The molecule has 2 aromatic carbocycles. The molecule has 0 aliphatic heterocycles. The number of phenolic OH excluding ortho intramolecular Hbond substituents is 2. The smallest absolute Gasteiger partial charge is 0.411 e. The van der Waals surface area contributed by atoms with Crippen molar-refractivity contribution in [3.05, 3.63) is 57.6 Å². The minimum absolute atomic E-state index is 0.255. The van der Waals surface area contributed by atoms with Gasteiger partial charge < -0.3 is 10.2 Å². The van der Waals surface area contributed by atoms with Gasteiger partial charge in [-0.25, -0.2) is 0 Å². The Balaban J connectivity index is 3.67. The Kier molecular flexibility index (Phi) is 7.86. The van der Waals surface area contributed by atoms with Crippen LogP contribution in [0.15, 0.2) is 24.3 Å². The van der Waals surface area contributed by atoms with Gasteiger partial charge in [0.2, 0.25) is 5.41 Å². The highest BCUT2D eigenvalue weighted by Gasteiger charge is 2.75. The van der Waals surface area contributed by atoms with Crippen molar-refractivity contribution in [2.45, 2.75) is 123 Å². The Morgan fingerprint density at radius 1 is 0.410 bits per heavy atom. The number of rotatable bonds is 2. The second kappa shape index (κ2) is 9.34. The second-order valence-electron chi connectivity index (χ2n) is 14.6. The molecule has 0 bridgehead atoms. The largest absolute Gasteiger partial charge is 0.508 e. The average Bonchev–Trinajstić information content (AvgIpc) is 2.64. The predicted octanol–water partition coefficient (Wildman–Crippen LogP) is 9.70. The van der Waals surface area contributed by atoms with Crippen molar-refractivity contribution in [1.82, 2.24) is 0 Å². The van der Waals surface area contributed by atoms with Crippen LogP contribution in [-0.2, 0) is 27.1 Å². The topological polar surface area (TPSA) is 40.5 Å². The van der Waals surface area contributed by atoms with Crippen LogP contribution in [0.1, 0.15) is 116 Å². The predicted molar refractivity (Wildman–Crippen MR) is 144 cm³/mol. The summed E-state index contributed by atoms with van der Waals surface area (Å²) in [5.74, 6) is -0.825. The lowest BCUT2D eigenvalue weighted by atomic mass is 9.58. The Labute approximate surface area is 228 Å². The Bertz CT molecular complexity index is 1060. The van der Waals surface area contributed by atoms with Crippen molar-refractivity contribution >= 4 is 0 Å². The molecule has 8 heteroatoms. The van der Waals surface area contributed by atoms with Crippen molar-refractivity contribution in [1.29, 1.82) is 0 Å². The quantitative estimate of drug-likeness (QED) is 0.359. The fraction of sp³-hybridized carbons (Fsp3) is 0.613. The maximum Gasteiger partial charge on any atom is 0.411 e. The number of alkyl halides is 6. The Morgan fingerprint density at radius 2 is 0.590 bits per heavy atom. The van der Waals surface area contributed by atoms with Gasteiger partial charge in [-0.1, -0.05) is 83.1 Å². The molecule has 39 heavy (non-hydrogen) atoms. The minimum atomic E-state index is -5.86. The van der Waals surface area contributed by atoms with Crippen LogP contribution in [0.5, 0.6) is 11.5 Å². The van der Waals surface area contributed by atoms with Crippen LogP contribution in [0.2, 0.25) is 0 Å². The first-order valence-corrected chi connectivity index (χ1v) is 12.9. The van der Waals surface area contributed by atoms with Crippen LogP contribution in [0.4, 0.5) is 26.3 Å². The zero-order valence-electron chi connectivity index (χ0n) is 25.0. The molecular weight excluding hydrogens is 518 g/mol. The van der Waals surface area contributed by atoms with Crippen molar-refractivity contribution in [2.75, 3.05) is 0 Å². The second-order valence-corrected chi connectivity index (χ2v) is 14.6. The van der Waals surface area contributed by atoms with Crippen LogP contribution in [0.3, 0.4) is 0 Å². The zero-order chi connectivity index (χ0) is 30.9. The van der Waals surface area contributed by atoms with Crippen LogP contribution < -0.4 is 0 Å². The molecule has 0 aromatic heterocycles. The van der Waals surface area contributed by atoms with Gasteiger partial charge in [-0.2, -0.15) is 26.3 Å². The molecule has 2 rings (SSSR count). The third-order valence-electron chi connectivity index (χ3n) is 7.08. The molecule has 2 nitrogen and oxygen atoms in total. The van der Waals surface area contributed by atoms with E-state index in [0.29, 0.717) is 0 Å². The lowest BCUT2D eigenvalue weighted by Crippen LogP contribution is -2.58. The Hall–Kier alpha value is -2.38. The van der Waals surface area contributed by atoms with Crippen LogP contribution in [-0.4, -0.2) is 22.6 Å². The molecule has 0 fully saturated rings. The lowest BCUT2D eigenvalue weighted by Gasteiger charge is -2.47. The summed E-state index contributed by atoms with van der Waals surface area (Å²) in [5.41, 5.74) is -12.2. The Morgan fingerprint density at radius 3 is 0.718 bits per heavy atom. The molecule has 0 aliphatic rings. The first-order chi connectivity index (χ1) is 17.0. The normalized spacial score (nSPS) is 14.6. The highest BCUT2D eigenvalue weighted by atomic mass is 19.4. The minimum Gasteiger partial charge on any atom is -0.508 e. The van der Waals surface area contributed by atoms with Gasteiger partial charge >= 0.3 is 12.4 Å². The van der Waals surface area contributed by atoms with Crippen molar-refractivity contribution in [3.63, 3.8) is 0 Å². The highest BCUT2D eigenvalue weighted by Crippen LogP contribution is 2.63. The van der Waals surface area contributed by atoms with Crippen molar-refractivity contribution in [3.8, 4) is 11.5 Å². The molecule has 0 spiro atoms. The standard InChI is InChI=1S/C31H42F6O2/c1-25(2,3)19-13-17(38)14-20(26(4,5)6)23(19)29(30(32,33)34,31(35,36)37)24-21(27(7,8)9)15-18(39)16-22(24)28(10,11)12/h13-16,38-39H,1-12H3. The van der Waals surface area contributed by atoms with Crippen LogP contribution in [0.25, 0.3) is 0 Å². The number of aromatic hydroxyl groups is 2. The number of phenols is 2. The number of halogens is 6. The summed E-state index contributed by atoms with van der Waals surface area (Å²) >= 11 is 0. The van der Waals surface area contributed by atoms with Gasteiger partial charge in [0.1, 0.15) is 11.5 Å². The number of hydrogen-bond donors (Lipinski definition) is 2. The van der Waals surface area contributed by atoms with Crippen LogP contribution in [0, 0.1) is 0 Å². The van der Waals surface area contributed by atoms with Crippen molar-refractivity contribution < 1.29 is 36.6 Å². The lowest BCUT2D eigenvalue weighted by molar-refractivity contribution is -0.289. The number of benzene rings is 2. The number of hydrogen-bond acceptors (Lipinski definition) is 2. The summed E-state index contributed by atoms with van der Waals surface area (Å²) in [7, 11) is 0. The summed E-state index contributed by atoms with van der Waals surface area (Å²) in [4.78, 5) is 0. The molecule has 0 saturated carbocycles. The monoisotopic (exact) mass is 560 g/mol. The first kappa shape index (κ1) is 32.8.